The van der Waals surface area contributed by atoms with Gasteiger partial charge in [0.2, 0.25) is 0 Å². The number of esters is 1. The van der Waals surface area contributed by atoms with Crippen LogP contribution in [0, 0.1) is 5.92 Å². The number of hydrogen-bond donors (Lipinski definition) is 1. The second kappa shape index (κ2) is 9.70. The van der Waals surface area contributed by atoms with E-state index in [1.54, 1.807) is 0 Å². The first-order valence-electron chi connectivity index (χ1n) is 10.4. The number of aliphatic hydroxyl groups excluding tert-OH is 1. The van der Waals surface area contributed by atoms with Crippen molar-refractivity contribution in [2.45, 2.75) is 18.6 Å². The topological polar surface area (TPSA) is 49.8 Å². The minimum Gasteiger partial charge on any atom is -0.459 e. The van der Waals surface area contributed by atoms with Crippen LogP contribution in [0.3, 0.4) is 0 Å². The van der Waals surface area contributed by atoms with E-state index in [-0.39, 0.29) is 31.0 Å². The van der Waals surface area contributed by atoms with Gasteiger partial charge in [-0.3, -0.25) is 4.90 Å². The highest BCUT2D eigenvalue weighted by Crippen LogP contribution is 2.37. The summed E-state index contributed by atoms with van der Waals surface area (Å²) in [5.74, 6) is 0.0142. The molecular formula is C26H27NO3. The molecule has 0 saturated carbocycles. The minimum absolute atomic E-state index is 0.0838. The molecular weight excluding hydrogens is 374 g/mol. The van der Waals surface area contributed by atoms with Crippen molar-refractivity contribution in [2.24, 2.45) is 5.92 Å². The van der Waals surface area contributed by atoms with Gasteiger partial charge >= 0.3 is 5.97 Å². The van der Waals surface area contributed by atoms with Crippen LogP contribution in [0.4, 0.5) is 0 Å². The highest BCUT2D eigenvalue weighted by molar-refractivity contribution is 5.77. The van der Waals surface area contributed by atoms with E-state index in [1.165, 1.54) is 5.56 Å². The molecule has 1 N–H and O–H groups in total. The monoisotopic (exact) mass is 401 g/mol. The van der Waals surface area contributed by atoms with E-state index >= 15 is 0 Å². The zero-order chi connectivity index (χ0) is 20.8. The number of ether oxygens (including phenoxy) is 1. The normalized spacial score (nSPS) is 20.0. The molecule has 0 amide bonds. The van der Waals surface area contributed by atoms with Gasteiger partial charge in [-0.05, 0) is 16.7 Å². The Morgan fingerprint density at radius 1 is 0.900 bits per heavy atom. The predicted molar refractivity (Wildman–Crippen MR) is 117 cm³/mol. The number of carbonyl (C=O) groups is 1. The summed E-state index contributed by atoms with van der Waals surface area (Å²) in [6.45, 7) is 1.70. The lowest BCUT2D eigenvalue weighted by Gasteiger charge is -2.27. The summed E-state index contributed by atoms with van der Waals surface area (Å²) in [6.07, 6.45) is 0. The summed E-state index contributed by atoms with van der Waals surface area (Å²) in [6, 6.07) is 29.3. The van der Waals surface area contributed by atoms with E-state index in [1.807, 2.05) is 78.9 Å². The van der Waals surface area contributed by atoms with E-state index in [0.29, 0.717) is 13.1 Å². The Morgan fingerprint density at radius 3 is 2.13 bits per heavy atom. The SMILES string of the molecule is O=C(OCc1ccccc1)[C@@H](c1ccccc1)N1C[C@H](CO)[C@@H](c2ccccc2)C1. The van der Waals surface area contributed by atoms with Gasteiger partial charge in [0.25, 0.3) is 0 Å². The summed E-state index contributed by atoms with van der Waals surface area (Å²) in [5, 5.41) is 10.0. The van der Waals surface area contributed by atoms with Crippen molar-refractivity contribution in [1.82, 2.24) is 4.90 Å². The average Bonchev–Trinajstić information content (AvgIpc) is 3.24. The van der Waals surface area contributed by atoms with Gasteiger partial charge in [0.1, 0.15) is 12.6 Å². The quantitative estimate of drug-likeness (QED) is 0.604. The van der Waals surface area contributed by atoms with Crippen molar-refractivity contribution in [1.29, 1.82) is 0 Å². The summed E-state index contributed by atoms with van der Waals surface area (Å²) in [7, 11) is 0. The Balaban J connectivity index is 1.56. The molecule has 4 heteroatoms. The molecule has 0 unspecified atom stereocenters. The van der Waals surface area contributed by atoms with Gasteiger partial charge in [0.15, 0.2) is 0 Å². The van der Waals surface area contributed by atoms with Gasteiger partial charge in [-0.15, -0.1) is 0 Å². The minimum atomic E-state index is -0.488. The molecule has 3 aromatic carbocycles. The Labute approximate surface area is 177 Å². The highest BCUT2D eigenvalue weighted by Gasteiger charge is 2.40. The van der Waals surface area contributed by atoms with Gasteiger partial charge in [-0.1, -0.05) is 91.0 Å². The maximum atomic E-state index is 13.2. The molecule has 1 aliphatic rings. The number of likely N-dealkylation sites (tertiary alicyclic amines) is 1. The van der Waals surface area contributed by atoms with Crippen LogP contribution in [0.25, 0.3) is 0 Å². The number of hydrogen-bond acceptors (Lipinski definition) is 4. The molecule has 1 fully saturated rings. The van der Waals surface area contributed by atoms with Crippen LogP contribution in [0.5, 0.6) is 0 Å². The van der Waals surface area contributed by atoms with Crippen molar-refractivity contribution in [3.05, 3.63) is 108 Å². The number of rotatable bonds is 7. The Hall–Kier alpha value is -2.95. The Kier molecular flexibility index (Phi) is 6.57. The third-order valence-electron chi connectivity index (χ3n) is 5.86. The molecule has 4 nitrogen and oxygen atoms in total. The smallest absolute Gasteiger partial charge is 0.328 e. The first-order valence-corrected chi connectivity index (χ1v) is 10.4. The number of carbonyl (C=O) groups excluding carboxylic acids is 1. The highest BCUT2D eigenvalue weighted by atomic mass is 16.5. The van der Waals surface area contributed by atoms with E-state index in [0.717, 1.165) is 11.1 Å². The van der Waals surface area contributed by atoms with Crippen molar-refractivity contribution in [3.8, 4) is 0 Å². The second-order valence-electron chi connectivity index (χ2n) is 7.82. The van der Waals surface area contributed by atoms with Gasteiger partial charge in [-0.25, -0.2) is 4.79 Å². The number of benzene rings is 3. The van der Waals surface area contributed by atoms with Crippen LogP contribution < -0.4 is 0 Å². The fourth-order valence-electron chi connectivity index (χ4n) is 4.32. The summed E-state index contributed by atoms with van der Waals surface area (Å²) in [5.41, 5.74) is 3.08. The van der Waals surface area contributed by atoms with Crippen LogP contribution in [0.1, 0.15) is 28.7 Å². The van der Waals surface area contributed by atoms with E-state index in [9.17, 15) is 9.90 Å². The predicted octanol–water partition coefficient (Wildman–Crippen LogP) is 4.18. The first kappa shape index (κ1) is 20.3. The lowest BCUT2D eigenvalue weighted by atomic mass is 9.90. The third-order valence-corrected chi connectivity index (χ3v) is 5.86. The summed E-state index contributed by atoms with van der Waals surface area (Å²) in [4.78, 5) is 15.4. The van der Waals surface area contributed by atoms with E-state index in [4.69, 9.17) is 4.74 Å². The molecule has 3 atom stereocenters. The molecule has 3 aromatic rings. The van der Waals surface area contributed by atoms with Crippen LogP contribution in [-0.2, 0) is 16.1 Å². The van der Waals surface area contributed by atoms with Crippen LogP contribution in [0.2, 0.25) is 0 Å². The van der Waals surface area contributed by atoms with Crippen LogP contribution in [0.15, 0.2) is 91.0 Å². The summed E-state index contributed by atoms with van der Waals surface area (Å²) < 4.78 is 5.72. The Morgan fingerprint density at radius 2 is 1.50 bits per heavy atom. The van der Waals surface area contributed by atoms with Crippen molar-refractivity contribution < 1.29 is 14.6 Å². The molecule has 0 bridgehead atoms. The molecule has 154 valence electrons. The molecule has 1 heterocycles. The van der Waals surface area contributed by atoms with Gasteiger partial charge in [-0.2, -0.15) is 0 Å². The van der Waals surface area contributed by atoms with Crippen LogP contribution >= 0.6 is 0 Å². The maximum Gasteiger partial charge on any atom is 0.328 e. The molecule has 0 aliphatic carbocycles. The molecule has 1 saturated heterocycles. The molecule has 0 spiro atoms. The second-order valence-corrected chi connectivity index (χ2v) is 7.82. The molecule has 30 heavy (non-hydrogen) atoms. The van der Waals surface area contributed by atoms with Crippen molar-refractivity contribution in [2.75, 3.05) is 19.7 Å². The fourth-order valence-corrected chi connectivity index (χ4v) is 4.32. The van der Waals surface area contributed by atoms with Gasteiger partial charge < -0.3 is 9.84 Å². The van der Waals surface area contributed by atoms with E-state index in [2.05, 4.69) is 17.0 Å². The zero-order valence-electron chi connectivity index (χ0n) is 16.9. The van der Waals surface area contributed by atoms with Gasteiger partial charge in [0.05, 0.1) is 0 Å². The number of aliphatic hydroxyl groups is 1. The standard InChI is InChI=1S/C26H27NO3/c28-18-23-16-27(17-24(23)21-12-6-2-7-13-21)25(22-14-8-3-9-15-22)26(29)30-19-20-10-4-1-5-11-20/h1-15,23-25,28H,16-19H2/t23-,24-,25-/m1/s1. The third kappa shape index (κ3) is 4.61. The van der Waals surface area contributed by atoms with Gasteiger partial charge in [0, 0.05) is 31.5 Å². The fraction of sp³-hybridized carbons (Fsp3) is 0.269. The molecule has 1 aliphatic heterocycles. The van der Waals surface area contributed by atoms with Crippen molar-refractivity contribution in [3.63, 3.8) is 0 Å². The molecule has 0 radical (unpaired) electrons. The van der Waals surface area contributed by atoms with E-state index < -0.39 is 6.04 Å². The molecule has 4 rings (SSSR count). The first-order chi connectivity index (χ1) is 14.8. The average molecular weight is 402 g/mol. The summed E-state index contributed by atoms with van der Waals surface area (Å²) >= 11 is 0. The largest absolute Gasteiger partial charge is 0.459 e. The zero-order valence-corrected chi connectivity index (χ0v) is 16.9. The Bertz CT molecular complexity index is 930. The maximum absolute atomic E-state index is 13.2. The lowest BCUT2D eigenvalue weighted by molar-refractivity contribution is -0.151. The number of nitrogens with zero attached hydrogens (tertiary/aromatic N) is 1. The van der Waals surface area contributed by atoms with Crippen LogP contribution in [-0.4, -0.2) is 35.7 Å². The lowest BCUT2D eigenvalue weighted by Crippen LogP contribution is -2.34. The van der Waals surface area contributed by atoms with Crippen molar-refractivity contribution >= 4 is 5.97 Å². The molecule has 0 aromatic heterocycles.